The molecule has 5 nitrogen and oxygen atoms in total. The van der Waals surface area contributed by atoms with E-state index in [0.717, 1.165) is 25.1 Å². The first-order chi connectivity index (χ1) is 11.1. The lowest BCUT2D eigenvalue weighted by Gasteiger charge is -2.14. The van der Waals surface area contributed by atoms with Gasteiger partial charge in [-0.25, -0.2) is 9.97 Å². The number of anilines is 1. The molecule has 1 aromatic rings. The van der Waals surface area contributed by atoms with Gasteiger partial charge >= 0.3 is 0 Å². The predicted octanol–water partition coefficient (Wildman–Crippen LogP) is 3.62. The second kappa shape index (κ2) is 8.65. The number of nitrogens with one attached hydrogen (secondary N) is 2. The minimum absolute atomic E-state index is 0.136. The van der Waals surface area contributed by atoms with Gasteiger partial charge in [0.15, 0.2) is 0 Å². The Balaban J connectivity index is 1.93. The topological polar surface area (TPSA) is 66.9 Å². The van der Waals surface area contributed by atoms with Gasteiger partial charge in [-0.15, -0.1) is 0 Å². The molecule has 1 unspecified atom stereocenters. The summed E-state index contributed by atoms with van der Waals surface area (Å²) in [6, 6.07) is 1.87. The molecule has 0 aromatic carbocycles. The van der Waals surface area contributed by atoms with E-state index >= 15 is 0 Å². The summed E-state index contributed by atoms with van der Waals surface area (Å²) < 4.78 is 0. The molecular weight excluding hydrogens is 288 g/mol. The van der Waals surface area contributed by atoms with Crippen LogP contribution in [0.25, 0.3) is 0 Å². The zero-order chi connectivity index (χ0) is 16.7. The SMILES string of the molecule is CCC(C)NC(=O)c1cc(C)nc(NCCC2=CCCCC2)n1. The zero-order valence-corrected chi connectivity index (χ0v) is 14.5. The van der Waals surface area contributed by atoms with Gasteiger partial charge in [0.2, 0.25) is 5.95 Å². The maximum atomic E-state index is 12.2. The molecule has 0 fully saturated rings. The number of aromatic nitrogens is 2. The number of amides is 1. The van der Waals surface area contributed by atoms with Crippen molar-refractivity contribution in [3.05, 3.63) is 29.1 Å². The summed E-state index contributed by atoms with van der Waals surface area (Å²) in [5, 5.41) is 6.19. The molecule has 126 valence electrons. The normalized spacial score (nSPS) is 15.7. The van der Waals surface area contributed by atoms with Crippen LogP contribution in [0.3, 0.4) is 0 Å². The number of carbonyl (C=O) groups is 1. The zero-order valence-electron chi connectivity index (χ0n) is 14.5. The molecule has 23 heavy (non-hydrogen) atoms. The van der Waals surface area contributed by atoms with Gasteiger partial charge in [-0.1, -0.05) is 18.6 Å². The number of hydrogen-bond donors (Lipinski definition) is 2. The summed E-state index contributed by atoms with van der Waals surface area (Å²) >= 11 is 0. The molecule has 1 heterocycles. The molecule has 1 aliphatic rings. The summed E-state index contributed by atoms with van der Waals surface area (Å²) in [6.07, 6.45) is 9.30. The van der Waals surface area contributed by atoms with Gasteiger partial charge in [-0.05, 0) is 58.4 Å². The summed E-state index contributed by atoms with van der Waals surface area (Å²) in [5.41, 5.74) is 2.75. The molecule has 1 aromatic heterocycles. The molecule has 0 saturated heterocycles. The van der Waals surface area contributed by atoms with Crippen LogP contribution >= 0.6 is 0 Å². The first kappa shape index (κ1) is 17.4. The lowest BCUT2D eigenvalue weighted by molar-refractivity contribution is 0.0934. The van der Waals surface area contributed by atoms with Gasteiger partial charge in [0.25, 0.3) is 5.91 Å². The Morgan fingerprint density at radius 1 is 1.35 bits per heavy atom. The fourth-order valence-corrected chi connectivity index (χ4v) is 2.63. The summed E-state index contributed by atoms with van der Waals surface area (Å²) in [4.78, 5) is 20.9. The Morgan fingerprint density at radius 3 is 2.87 bits per heavy atom. The van der Waals surface area contributed by atoms with Crippen molar-refractivity contribution in [2.24, 2.45) is 0 Å². The quantitative estimate of drug-likeness (QED) is 0.754. The van der Waals surface area contributed by atoms with E-state index in [2.05, 4.69) is 26.7 Å². The van der Waals surface area contributed by atoms with Crippen molar-refractivity contribution in [2.45, 2.75) is 65.3 Å². The molecule has 2 N–H and O–H groups in total. The lowest BCUT2D eigenvalue weighted by Crippen LogP contribution is -2.32. The Labute approximate surface area is 139 Å². The predicted molar refractivity (Wildman–Crippen MR) is 93.6 cm³/mol. The molecular formula is C18H28N4O. The number of nitrogens with zero attached hydrogens (tertiary/aromatic N) is 2. The van der Waals surface area contributed by atoms with Gasteiger partial charge in [-0.2, -0.15) is 0 Å². The first-order valence-electron chi connectivity index (χ1n) is 8.66. The van der Waals surface area contributed by atoms with E-state index < -0.39 is 0 Å². The molecule has 0 bridgehead atoms. The second-order valence-corrected chi connectivity index (χ2v) is 6.29. The second-order valence-electron chi connectivity index (χ2n) is 6.29. The van der Waals surface area contributed by atoms with Gasteiger partial charge in [0.05, 0.1) is 0 Å². The van der Waals surface area contributed by atoms with Gasteiger partial charge in [-0.3, -0.25) is 4.79 Å². The number of hydrogen-bond acceptors (Lipinski definition) is 4. The molecule has 1 amide bonds. The minimum Gasteiger partial charge on any atom is -0.354 e. The fourth-order valence-electron chi connectivity index (χ4n) is 2.63. The van der Waals surface area contributed by atoms with Crippen LogP contribution in [0.1, 0.15) is 68.6 Å². The number of rotatable bonds is 7. The average Bonchev–Trinajstić information content (AvgIpc) is 2.55. The Morgan fingerprint density at radius 2 is 2.17 bits per heavy atom. The van der Waals surface area contributed by atoms with Crippen LogP contribution in [-0.2, 0) is 0 Å². The van der Waals surface area contributed by atoms with Crippen molar-refractivity contribution in [3.8, 4) is 0 Å². The number of aryl methyl sites for hydroxylation is 1. The maximum absolute atomic E-state index is 12.2. The van der Waals surface area contributed by atoms with Crippen molar-refractivity contribution in [2.75, 3.05) is 11.9 Å². The van der Waals surface area contributed by atoms with E-state index in [0.29, 0.717) is 11.6 Å². The van der Waals surface area contributed by atoms with Crippen molar-refractivity contribution in [3.63, 3.8) is 0 Å². The summed E-state index contributed by atoms with van der Waals surface area (Å²) in [5.74, 6) is 0.401. The van der Waals surface area contributed by atoms with Crippen molar-refractivity contribution >= 4 is 11.9 Å². The third kappa shape index (κ3) is 5.66. The smallest absolute Gasteiger partial charge is 0.270 e. The summed E-state index contributed by atoms with van der Waals surface area (Å²) in [7, 11) is 0. The van der Waals surface area contributed by atoms with Crippen LogP contribution in [0.2, 0.25) is 0 Å². The van der Waals surface area contributed by atoms with Crippen LogP contribution in [0.4, 0.5) is 5.95 Å². The minimum atomic E-state index is -0.136. The molecule has 0 spiro atoms. The standard InChI is InChI=1S/C18H28N4O/c1-4-13(2)20-17(23)16-12-14(3)21-18(22-16)19-11-10-15-8-6-5-7-9-15/h8,12-13H,4-7,9-11H2,1-3H3,(H,20,23)(H,19,21,22). The highest BCUT2D eigenvalue weighted by atomic mass is 16.1. The van der Waals surface area contributed by atoms with Gasteiger partial charge in [0, 0.05) is 18.3 Å². The Kier molecular flexibility index (Phi) is 6.56. The van der Waals surface area contributed by atoms with Crippen LogP contribution in [0, 0.1) is 6.92 Å². The lowest BCUT2D eigenvalue weighted by atomic mass is 9.97. The Hall–Kier alpha value is -1.91. The van der Waals surface area contributed by atoms with Crippen LogP contribution in [0.15, 0.2) is 17.7 Å². The van der Waals surface area contributed by atoms with E-state index in [1.807, 2.05) is 20.8 Å². The molecule has 1 atom stereocenters. The molecule has 0 saturated carbocycles. The fraction of sp³-hybridized carbons (Fsp3) is 0.611. The summed E-state index contributed by atoms with van der Waals surface area (Å²) in [6.45, 7) is 6.73. The molecule has 0 aliphatic heterocycles. The van der Waals surface area contributed by atoms with Crippen LogP contribution in [0.5, 0.6) is 0 Å². The van der Waals surface area contributed by atoms with Crippen molar-refractivity contribution in [1.29, 1.82) is 0 Å². The first-order valence-corrected chi connectivity index (χ1v) is 8.66. The van der Waals surface area contributed by atoms with Crippen LogP contribution in [-0.4, -0.2) is 28.5 Å². The average molecular weight is 316 g/mol. The van der Waals surface area contributed by atoms with Crippen molar-refractivity contribution < 1.29 is 4.79 Å². The molecule has 2 rings (SSSR count). The van der Waals surface area contributed by atoms with E-state index in [9.17, 15) is 4.79 Å². The largest absolute Gasteiger partial charge is 0.354 e. The molecule has 5 heteroatoms. The molecule has 1 aliphatic carbocycles. The maximum Gasteiger partial charge on any atom is 0.270 e. The Bertz CT molecular complexity index is 568. The molecule has 0 radical (unpaired) electrons. The van der Waals surface area contributed by atoms with E-state index in [4.69, 9.17) is 0 Å². The van der Waals surface area contributed by atoms with E-state index in [1.165, 1.54) is 31.3 Å². The number of allylic oxidation sites excluding steroid dienone is 1. The highest BCUT2D eigenvalue weighted by molar-refractivity contribution is 5.92. The van der Waals surface area contributed by atoms with Gasteiger partial charge in [0.1, 0.15) is 5.69 Å². The third-order valence-corrected chi connectivity index (χ3v) is 4.19. The highest BCUT2D eigenvalue weighted by Crippen LogP contribution is 2.19. The van der Waals surface area contributed by atoms with E-state index in [-0.39, 0.29) is 11.9 Å². The number of carbonyl (C=O) groups excluding carboxylic acids is 1. The van der Waals surface area contributed by atoms with Gasteiger partial charge < -0.3 is 10.6 Å². The van der Waals surface area contributed by atoms with E-state index in [1.54, 1.807) is 6.07 Å². The van der Waals surface area contributed by atoms with Crippen molar-refractivity contribution in [1.82, 2.24) is 15.3 Å². The van der Waals surface area contributed by atoms with Crippen LogP contribution < -0.4 is 10.6 Å². The monoisotopic (exact) mass is 316 g/mol. The highest BCUT2D eigenvalue weighted by Gasteiger charge is 2.12. The third-order valence-electron chi connectivity index (χ3n) is 4.19.